The highest BCUT2D eigenvalue weighted by atomic mass is 35.5. The Morgan fingerprint density at radius 3 is 2.81 bits per heavy atom. The Labute approximate surface area is 190 Å². The molecule has 2 aromatic carbocycles. The minimum absolute atomic E-state index is 0.361. The lowest BCUT2D eigenvalue weighted by Gasteiger charge is -2.12. The lowest BCUT2D eigenvalue weighted by atomic mass is 10.2. The Kier molecular flexibility index (Phi) is 5.19. The molecule has 3 aromatic heterocycles. The number of anilines is 1. The van der Waals surface area contributed by atoms with Gasteiger partial charge in [-0.05, 0) is 36.4 Å². The van der Waals surface area contributed by atoms with Crippen molar-refractivity contribution in [2.75, 3.05) is 12.1 Å². The third-order valence-electron chi connectivity index (χ3n) is 4.53. The van der Waals surface area contributed by atoms with E-state index in [-0.39, 0.29) is 5.91 Å². The summed E-state index contributed by atoms with van der Waals surface area (Å²) in [5.74, 6) is 0.871. The van der Waals surface area contributed by atoms with Crippen molar-refractivity contribution in [3.05, 3.63) is 76.5 Å². The van der Waals surface area contributed by atoms with E-state index in [9.17, 15) is 4.79 Å². The summed E-state index contributed by atoms with van der Waals surface area (Å²) in [6.07, 6.45) is 3.02. The summed E-state index contributed by atoms with van der Waals surface area (Å²) in [6, 6.07) is 16.7. The first-order valence-electron chi connectivity index (χ1n) is 9.17. The molecule has 5 rings (SSSR count). The summed E-state index contributed by atoms with van der Waals surface area (Å²) >= 11 is 9.23. The van der Waals surface area contributed by atoms with Gasteiger partial charge in [0, 0.05) is 10.1 Å². The first-order chi connectivity index (χ1) is 15.1. The van der Waals surface area contributed by atoms with E-state index in [1.165, 1.54) is 33.9 Å². The molecule has 0 saturated heterocycles. The van der Waals surface area contributed by atoms with Crippen molar-refractivity contribution in [1.29, 1.82) is 0 Å². The first kappa shape index (κ1) is 19.7. The number of hydrogen-bond acceptors (Lipinski definition) is 7. The van der Waals surface area contributed by atoms with Gasteiger partial charge in [-0.25, -0.2) is 4.98 Å². The largest absolute Gasteiger partial charge is 0.497 e. The number of thiazole rings is 1. The van der Waals surface area contributed by atoms with Crippen molar-refractivity contribution in [3.8, 4) is 5.75 Å². The number of methoxy groups -OCH3 is 1. The zero-order valence-corrected chi connectivity index (χ0v) is 18.5. The second-order valence-electron chi connectivity index (χ2n) is 6.45. The fraction of sp³-hybridized carbons (Fsp3) is 0.0455. The summed E-state index contributed by atoms with van der Waals surface area (Å²) in [6.45, 7) is 0. The molecule has 0 fully saturated rings. The van der Waals surface area contributed by atoms with E-state index < -0.39 is 0 Å². The second kappa shape index (κ2) is 8.14. The minimum atomic E-state index is -0.361. The number of carbonyl (C=O) groups is 1. The maximum Gasteiger partial charge on any atom is 0.292 e. The Morgan fingerprint density at radius 2 is 2.03 bits per heavy atom. The third kappa shape index (κ3) is 3.69. The van der Waals surface area contributed by atoms with Crippen LogP contribution in [0.2, 0.25) is 5.02 Å². The zero-order valence-electron chi connectivity index (χ0n) is 16.1. The van der Waals surface area contributed by atoms with Gasteiger partial charge in [0.1, 0.15) is 16.4 Å². The number of nitrogens with zero attached hydrogens (tertiary/aromatic N) is 3. The van der Waals surface area contributed by atoms with Crippen molar-refractivity contribution in [1.82, 2.24) is 4.98 Å². The van der Waals surface area contributed by atoms with Gasteiger partial charge in [-0.15, -0.1) is 11.3 Å². The normalized spacial score (nSPS) is 11.5. The van der Waals surface area contributed by atoms with Crippen LogP contribution in [0.3, 0.4) is 0 Å². The fourth-order valence-electron chi connectivity index (χ4n) is 3.03. The minimum Gasteiger partial charge on any atom is -0.497 e. The molecular formula is C22H14ClN3O3S2. The van der Waals surface area contributed by atoms with Crippen LogP contribution in [-0.4, -0.2) is 24.2 Å². The van der Waals surface area contributed by atoms with Gasteiger partial charge in [0.05, 0.1) is 34.8 Å². The molecule has 0 N–H and O–H groups in total. The average Bonchev–Trinajstić information content (AvgIpc) is 3.52. The van der Waals surface area contributed by atoms with Crippen LogP contribution in [0.25, 0.3) is 20.3 Å². The van der Waals surface area contributed by atoms with Gasteiger partial charge in [0.15, 0.2) is 0 Å². The lowest BCUT2D eigenvalue weighted by molar-refractivity contribution is 0.0992. The summed E-state index contributed by atoms with van der Waals surface area (Å²) in [5.41, 5.74) is 0.745. The quantitative estimate of drug-likeness (QED) is 0.220. The van der Waals surface area contributed by atoms with Crippen molar-refractivity contribution in [2.45, 2.75) is 0 Å². The monoisotopic (exact) mass is 467 g/mol. The van der Waals surface area contributed by atoms with Crippen molar-refractivity contribution >= 4 is 71.8 Å². The molecule has 6 nitrogen and oxygen atoms in total. The molecule has 0 aliphatic rings. The van der Waals surface area contributed by atoms with Gasteiger partial charge in [0.2, 0.25) is 5.13 Å². The molecule has 0 saturated carbocycles. The van der Waals surface area contributed by atoms with Crippen LogP contribution in [0.15, 0.2) is 70.4 Å². The zero-order chi connectivity index (χ0) is 21.4. The number of carbonyl (C=O) groups excluding carboxylic acids is 1. The average molecular weight is 468 g/mol. The highest BCUT2D eigenvalue weighted by Crippen LogP contribution is 2.38. The molecule has 0 atom stereocenters. The van der Waals surface area contributed by atoms with Gasteiger partial charge in [-0.3, -0.25) is 4.79 Å². The first-order valence-corrected chi connectivity index (χ1v) is 11.2. The van der Waals surface area contributed by atoms with E-state index in [1.54, 1.807) is 25.5 Å². The van der Waals surface area contributed by atoms with E-state index in [4.69, 9.17) is 20.8 Å². The van der Waals surface area contributed by atoms with Gasteiger partial charge in [-0.1, -0.05) is 41.1 Å². The number of benzene rings is 2. The summed E-state index contributed by atoms with van der Waals surface area (Å²) in [7, 11) is 1.61. The molecule has 0 spiro atoms. The van der Waals surface area contributed by atoms with Gasteiger partial charge >= 0.3 is 0 Å². The van der Waals surface area contributed by atoms with Crippen LogP contribution >= 0.6 is 34.3 Å². The number of furan rings is 1. The summed E-state index contributed by atoms with van der Waals surface area (Å²) in [5, 5.41) is 7.32. The van der Waals surface area contributed by atoms with E-state index in [1.807, 2.05) is 42.5 Å². The number of amides is 1. The number of halogens is 1. The van der Waals surface area contributed by atoms with Gasteiger partial charge in [-0.2, -0.15) is 10.1 Å². The van der Waals surface area contributed by atoms with Crippen LogP contribution in [0.4, 0.5) is 5.13 Å². The van der Waals surface area contributed by atoms with Crippen LogP contribution in [0.1, 0.15) is 15.4 Å². The van der Waals surface area contributed by atoms with Gasteiger partial charge in [0.25, 0.3) is 5.91 Å². The van der Waals surface area contributed by atoms with Crippen LogP contribution < -0.4 is 9.75 Å². The second-order valence-corrected chi connectivity index (χ2v) is 8.89. The Balaban J connectivity index is 1.61. The van der Waals surface area contributed by atoms with Crippen molar-refractivity contribution in [3.63, 3.8) is 0 Å². The number of aromatic nitrogens is 1. The molecule has 1 amide bonds. The number of rotatable bonds is 5. The highest BCUT2D eigenvalue weighted by Gasteiger charge is 2.26. The summed E-state index contributed by atoms with van der Waals surface area (Å²) < 4.78 is 12.4. The Morgan fingerprint density at radius 1 is 1.16 bits per heavy atom. The predicted molar refractivity (Wildman–Crippen MR) is 126 cm³/mol. The summed E-state index contributed by atoms with van der Waals surface area (Å²) in [4.78, 5) is 18.5. The number of ether oxygens (including phenoxy) is 1. The van der Waals surface area contributed by atoms with E-state index >= 15 is 0 Å². The highest BCUT2D eigenvalue weighted by molar-refractivity contribution is 7.23. The smallest absolute Gasteiger partial charge is 0.292 e. The van der Waals surface area contributed by atoms with E-state index in [2.05, 4.69) is 10.1 Å². The molecule has 0 bridgehead atoms. The van der Waals surface area contributed by atoms with Crippen molar-refractivity contribution < 1.29 is 13.9 Å². The molecule has 5 aromatic rings. The lowest BCUT2D eigenvalue weighted by Crippen LogP contribution is -2.25. The maximum atomic E-state index is 13.5. The molecule has 0 aliphatic carbocycles. The van der Waals surface area contributed by atoms with E-state index in [0.717, 1.165) is 20.3 Å². The number of fused-ring (bicyclic) bond motifs is 2. The Bertz CT molecular complexity index is 1420. The van der Waals surface area contributed by atoms with Crippen molar-refractivity contribution in [2.24, 2.45) is 5.10 Å². The molecule has 0 aliphatic heterocycles. The molecule has 9 heteroatoms. The van der Waals surface area contributed by atoms with E-state index in [0.29, 0.717) is 26.5 Å². The molecule has 3 heterocycles. The predicted octanol–water partition coefficient (Wildman–Crippen LogP) is 6.45. The molecule has 0 unspecified atom stereocenters. The Hall–Kier alpha value is -3.20. The molecule has 31 heavy (non-hydrogen) atoms. The fourth-order valence-corrected chi connectivity index (χ4v) is 5.41. The number of thiophene rings is 1. The van der Waals surface area contributed by atoms with Crippen LogP contribution in [0.5, 0.6) is 5.75 Å². The molecular weight excluding hydrogens is 454 g/mol. The number of hydrazone groups is 1. The molecule has 154 valence electrons. The SMILES string of the molecule is COc1ccc2nc(N(/N=C/c3ccco3)C(=O)c3sc4ccccc4c3Cl)sc2c1. The maximum absolute atomic E-state index is 13.5. The standard InChI is InChI=1S/C22H14ClN3O3S2/c1-28-13-8-9-16-18(11-13)31-22(25-16)26(24-12-14-5-4-10-29-14)21(27)20-19(23)15-6-2-3-7-17(15)30-20/h2-12H,1H3/b24-12+. The number of hydrogen-bond donors (Lipinski definition) is 0. The topological polar surface area (TPSA) is 67.9 Å². The van der Waals surface area contributed by atoms with Crippen LogP contribution in [-0.2, 0) is 0 Å². The van der Waals surface area contributed by atoms with Gasteiger partial charge < -0.3 is 9.15 Å². The van der Waals surface area contributed by atoms with Crippen LogP contribution in [0, 0.1) is 0 Å². The third-order valence-corrected chi connectivity index (χ3v) is 7.19. The molecule has 0 radical (unpaired) electrons.